The van der Waals surface area contributed by atoms with Crippen molar-refractivity contribution in [1.82, 2.24) is 4.98 Å². The molecule has 0 aliphatic heterocycles. The van der Waals surface area contributed by atoms with Crippen molar-refractivity contribution in [3.63, 3.8) is 0 Å². The largest absolute Gasteiger partial charge is 0.456 e. The van der Waals surface area contributed by atoms with Gasteiger partial charge in [0, 0.05) is 32.6 Å². The number of furan rings is 1. The van der Waals surface area contributed by atoms with Gasteiger partial charge in [-0.15, -0.1) is 0 Å². The highest BCUT2D eigenvalue weighted by molar-refractivity contribution is 6.67. The molecule has 6 rings (SSSR count). The maximum Gasteiger partial charge on any atom is 0.136 e. The van der Waals surface area contributed by atoms with Crippen LogP contribution >= 0.6 is 0 Å². The number of hydrogen-bond donors (Lipinski definition) is 1. The predicted molar refractivity (Wildman–Crippen MR) is 115 cm³/mol. The molecule has 126 valence electrons. The number of nitrogens with one attached hydrogen (secondary N) is 1. The molecule has 1 N–H and O–H groups in total. The van der Waals surface area contributed by atoms with Gasteiger partial charge in [0.1, 0.15) is 20.7 Å². The van der Waals surface area contributed by atoms with E-state index in [1.807, 2.05) is 12.1 Å². The van der Waals surface area contributed by atoms with Crippen LogP contribution in [0.5, 0.6) is 0 Å². The normalized spacial score (nSPS) is 11.9. The Labute approximate surface area is 158 Å². The van der Waals surface area contributed by atoms with Crippen molar-refractivity contribution in [2.45, 2.75) is 0 Å². The van der Waals surface area contributed by atoms with Gasteiger partial charge in [-0.2, -0.15) is 0 Å². The average molecular weight is 361 g/mol. The van der Waals surface area contributed by atoms with E-state index >= 15 is 0 Å². The van der Waals surface area contributed by atoms with Crippen molar-refractivity contribution in [1.29, 1.82) is 0 Å². The van der Waals surface area contributed by atoms with Crippen LogP contribution in [-0.4, -0.2) is 14.5 Å². The molecule has 0 unspecified atom stereocenters. The predicted octanol–water partition coefficient (Wildman–Crippen LogP) is 4.88. The Morgan fingerprint density at radius 1 is 0.556 bits per heavy atom. The van der Waals surface area contributed by atoms with Gasteiger partial charge in [0.15, 0.2) is 0 Å². The van der Waals surface area contributed by atoms with Crippen LogP contribution in [0.25, 0.3) is 43.7 Å². The van der Waals surface area contributed by atoms with Crippen LogP contribution in [0.3, 0.4) is 0 Å². The Balaban J connectivity index is 1.57. The summed E-state index contributed by atoms with van der Waals surface area (Å²) in [6.07, 6.45) is 0. The van der Waals surface area contributed by atoms with Crippen LogP contribution in [0.4, 0.5) is 0 Å². The van der Waals surface area contributed by atoms with Gasteiger partial charge in [-0.3, -0.25) is 0 Å². The Bertz CT molecular complexity index is 1440. The van der Waals surface area contributed by atoms with Crippen molar-refractivity contribution in [2.75, 3.05) is 0 Å². The Morgan fingerprint density at radius 3 is 2.30 bits per heavy atom. The van der Waals surface area contributed by atoms with E-state index in [9.17, 15) is 0 Å². The molecule has 0 bridgehead atoms. The minimum Gasteiger partial charge on any atom is -0.456 e. The number of rotatable bonds is 2. The number of H-pyrrole nitrogens is 1. The summed E-state index contributed by atoms with van der Waals surface area (Å²) in [4.78, 5) is 3.58. The van der Waals surface area contributed by atoms with Crippen LogP contribution in [0.15, 0.2) is 89.3 Å². The standard InChI is InChI=1S/C24H15NOSi/c1-2-6-15(7-3-1)27-16-10-11-21-18(12-16)19-14-24-20(13-22(19)25-21)17-8-4-5-9-23(17)26-24/h1-14,25H. The lowest BCUT2D eigenvalue weighted by atomic mass is 10.1. The fourth-order valence-electron chi connectivity index (χ4n) is 3.88. The van der Waals surface area contributed by atoms with Gasteiger partial charge in [-0.25, -0.2) is 0 Å². The molecule has 0 spiro atoms. The van der Waals surface area contributed by atoms with Crippen molar-refractivity contribution < 1.29 is 4.42 Å². The maximum atomic E-state index is 6.09. The first-order chi connectivity index (χ1) is 13.3. The molecular formula is C24H15NOSi. The van der Waals surface area contributed by atoms with Gasteiger partial charge < -0.3 is 9.40 Å². The van der Waals surface area contributed by atoms with Crippen LogP contribution in [0.2, 0.25) is 0 Å². The molecule has 3 heteroatoms. The topological polar surface area (TPSA) is 28.9 Å². The van der Waals surface area contributed by atoms with E-state index in [4.69, 9.17) is 4.42 Å². The first-order valence-corrected chi connectivity index (χ1v) is 10.0. The van der Waals surface area contributed by atoms with E-state index in [1.54, 1.807) is 0 Å². The maximum absolute atomic E-state index is 6.09. The quantitative estimate of drug-likeness (QED) is 0.438. The van der Waals surface area contributed by atoms with Crippen molar-refractivity contribution in [2.24, 2.45) is 0 Å². The molecule has 0 fully saturated rings. The molecule has 0 amide bonds. The van der Waals surface area contributed by atoms with E-state index in [-0.39, 0.29) is 0 Å². The monoisotopic (exact) mass is 361 g/mol. The van der Waals surface area contributed by atoms with Crippen LogP contribution in [-0.2, 0) is 0 Å². The van der Waals surface area contributed by atoms with Crippen molar-refractivity contribution >= 4 is 63.6 Å². The first-order valence-electron chi connectivity index (χ1n) is 9.04. The zero-order valence-corrected chi connectivity index (χ0v) is 15.5. The second-order valence-electron chi connectivity index (χ2n) is 6.87. The number of para-hydroxylation sites is 1. The Kier molecular flexibility index (Phi) is 3.07. The highest BCUT2D eigenvalue weighted by atomic mass is 28.2. The molecule has 2 nitrogen and oxygen atoms in total. The first kappa shape index (κ1) is 14.8. The Hall–Kier alpha value is -3.30. The molecule has 2 heterocycles. The molecule has 2 radical (unpaired) electrons. The second kappa shape index (κ2) is 5.60. The zero-order valence-electron chi connectivity index (χ0n) is 14.5. The molecule has 0 aliphatic rings. The average Bonchev–Trinajstić information content (AvgIpc) is 3.24. The smallest absolute Gasteiger partial charge is 0.136 e. The molecule has 0 saturated heterocycles. The molecule has 2 aromatic heterocycles. The molecule has 27 heavy (non-hydrogen) atoms. The van der Waals surface area contributed by atoms with Crippen molar-refractivity contribution in [3.05, 3.63) is 84.9 Å². The third kappa shape index (κ3) is 2.32. The van der Waals surface area contributed by atoms with E-state index in [0.29, 0.717) is 9.52 Å². The lowest BCUT2D eigenvalue weighted by molar-refractivity contribution is 0.669. The summed E-state index contributed by atoms with van der Waals surface area (Å²) >= 11 is 0. The fourth-order valence-corrected chi connectivity index (χ4v) is 4.96. The fraction of sp³-hybridized carbons (Fsp3) is 0. The molecule has 0 aliphatic carbocycles. The molecule has 0 atom stereocenters. The lowest BCUT2D eigenvalue weighted by Gasteiger charge is -2.01. The minimum atomic E-state index is 0.660. The van der Waals surface area contributed by atoms with Gasteiger partial charge in [-0.1, -0.05) is 71.0 Å². The summed E-state index contributed by atoms with van der Waals surface area (Å²) in [6.45, 7) is 0. The summed E-state index contributed by atoms with van der Waals surface area (Å²) in [5.41, 5.74) is 4.21. The summed E-state index contributed by atoms with van der Waals surface area (Å²) in [5.74, 6) is 0. The second-order valence-corrected chi connectivity index (χ2v) is 8.27. The van der Waals surface area contributed by atoms with Gasteiger partial charge in [0.2, 0.25) is 0 Å². The van der Waals surface area contributed by atoms with Crippen LogP contribution in [0, 0.1) is 0 Å². The Morgan fingerprint density at radius 2 is 1.37 bits per heavy atom. The summed E-state index contributed by atoms with van der Waals surface area (Å²) in [5, 5.41) is 7.51. The third-order valence-electron chi connectivity index (χ3n) is 5.16. The summed E-state index contributed by atoms with van der Waals surface area (Å²) < 4.78 is 6.09. The molecule has 0 saturated carbocycles. The van der Waals surface area contributed by atoms with E-state index < -0.39 is 0 Å². The van der Waals surface area contributed by atoms with E-state index in [1.165, 1.54) is 32.0 Å². The van der Waals surface area contributed by atoms with E-state index in [2.05, 4.69) is 77.8 Å². The van der Waals surface area contributed by atoms with Crippen molar-refractivity contribution in [3.8, 4) is 0 Å². The number of hydrogen-bond acceptors (Lipinski definition) is 1. The number of aromatic nitrogens is 1. The van der Waals surface area contributed by atoms with Gasteiger partial charge >= 0.3 is 0 Å². The summed E-state index contributed by atoms with van der Waals surface area (Å²) in [7, 11) is 0.660. The SMILES string of the molecule is c1ccc([Si]c2ccc3[nH]c4cc5c(cc4c3c2)oc2ccccc25)cc1. The highest BCUT2D eigenvalue weighted by Crippen LogP contribution is 2.34. The molecule has 4 aromatic carbocycles. The zero-order chi connectivity index (χ0) is 17.8. The highest BCUT2D eigenvalue weighted by Gasteiger charge is 2.12. The van der Waals surface area contributed by atoms with Crippen LogP contribution in [0.1, 0.15) is 0 Å². The lowest BCUT2D eigenvalue weighted by Crippen LogP contribution is -2.26. The minimum absolute atomic E-state index is 0.660. The molecule has 6 aromatic rings. The summed E-state index contributed by atoms with van der Waals surface area (Å²) in [6, 6.07) is 30.0. The van der Waals surface area contributed by atoms with E-state index in [0.717, 1.165) is 22.1 Å². The number of benzene rings is 4. The van der Waals surface area contributed by atoms with Gasteiger partial charge in [0.25, 0.3) is 0 Å². The number of aromatic amines is 1. The third-order valence-corrected chi connectivity index (χ3v) is 6.38. The van der Waals surface area contributed by atoms with Gasteiger partial charge in [0.05, 0.1) is 0 Å². The molecular weight excluding hydrogens is 346 g/mol. The van der Waals surface area contributed by atoms with Gasteiger partial charge in [-0.05, 0) is 24.3 Å². The van der Waals surface area contributed by atoms with Crippen LogP contribution < -0.4 is 10.4 Å². The number of fused-ring (bicyclic) bond motifs is 6.